The molecule has 0 radical (unpaired) electrons. The van der Waals surface area contributed by atoms with Crippen molar-refractivity contribution in [2.45, 2.75) is 58.8 Å². The number of aryl methyl sites for hydroxylation is 4. The molecule has 1 aliphatic carbocycles. The second-order valence-electron chi connectivity index (χ2n) is 8.26. The van der Waals surface area contributed by atoms with Crippen LogP contribution in [0.25, 0.3) is 0 Å². The SMILES string of the molecule is CCc1cc(C)cc(C)c1C1C(=O)CC(CC(=O)CCc2ccc(C#N)cc2)C1=O. The van der Waals surface area contributed by atoms with Crippen LogP contribution >= 0.6 is 0 Å². The normalized spacial score (nSPS) is 18.5. The number of Topliss-reactive ketones (excluding diaryl/α,β-unsaturated/α-hetero) is 3. The Hall–Kier alpha value is -3.06. The average Bonchev–Trinajstić information content (AvgIpc) is 2.99. The Morgan fingerprint density at radius 3 is 2.47 bits per heavy atom. The summed E-state index contributed by atoms with van der Waals surface area (Å²) in [6.07, 6.45) is 1.95. The molecule has 2 atom stereocenters. The van der Waals surface area contributed by atoms with Gasteiger partial charge in [-0.3, -0.25) is 14.4 Å². The summed E-state index contributed by atoms with van der Waals surface area (Å²) in [7, 11) is 0. The molecule has 0 amide bonds. The van der Waals surface area contributed by atoms with Crippen molar-refractivity contribution in [1.82, 2.24) is 0 Å². The lowest BCUT2D eigenvalue weighted by Gasteiger charge is -2.17. The zero-order chi connectivity index (χ0) is 21.8. The van der Waals surface area contributed by atoms with Crippen LogP contribution < -0.4 is 0 Å². The van der Waals surface area contributed by atoms with Crippen LogP contribution in [0.15, 0.2) is 36.4 Å². The predicted octanol–water partition coefficient (Wildman–Crippen LogP) is 4.57. The molecule has 2 aromatic carbocycles. The summed E-state index contributed by atoms with van der Waals surface area (Å²) < 4.78 is 0. The quantitative estimate of drug-likeness (QED) is 0.637. The minimum atomic E-state index is -0.725. The lowest BCUT2D eigenvalue weighted by Crippen LogP contribution is -2.20. The van der Waals surface area contributed by atoms with Crippen molar-refractivity contribution in [2.75, 3.05) is 0 Å². The van der Waals surface area contributed by atoms with Gasteiger partial charge >= 0.3 is 0 Å². The standard InChI is InChI=1S/C26H27NO3/c1-4-20-12-16(2)11-17(3)24(20)25-23(29)14-21(26(25)30)13-22(28)10-9-18-5-7-19(15-27)8-6-18/h5-8,11-12,21,25H,4,9-10,13-14H2,1-3H3. The van der Waals surface area contributed by atoms with Gasteiger partial charge in [0.2, 0.25) is 0 Å². The van der Waals surface area contributed by atoms with Crippen LogP contribution in [-0.2, 0) is 27.2 Å². The van der Waals surface area contributed by atoms with Crippen LogP contribution in [0, 0.1) is 31.1 Å². The third kappa shape index (κ3) is 4.57. The number of nitriles is 1. The van der Waals surface area contributed by atoms with E-state index in [1.54, 1.807) is 12.1 Å². The van der Waals surface area contributed by atoms with Gasteiger partial charge in [0.05, 0.1) is 11.6 Å². The molecule has 0 saturated heterocycles. The van der Waals surface area contributed by atoms with Crippen LogP contribution in [0.4, 0.5) is 0 Å². The van der Waals surface area contributed by atoms with Gasteiger partial charge < -0.3 is 0 Å². The van der Waals surface area contributed by atoms with Crippen molar-refractivity contribution in [1.29, 1.82) is 5.26 Å². The van der Waals surface area contributed by atoms with E-state index in [0.29, 0.717) is 18.4 Å². The number of benzene rings is 2. The highest BCUT2D eigenvalue weighted by atomic mass is 16.2. The van der Waals surface area contributed by atoms with Gasteiger partial charge in [0.25, 0.3) is 0 Å². The molecule has 154 valence electrons. The topological polar surface area (TPSA) is 75.0 Å². The van der Waals surface area contributed by atoms with E-state index in [2.05, 4.69) is 12.1 Å². The number of rotatable bonds is 7. The summed E-state index contributed by atoms with van der Waals surface area (Å²) in [6, 6.07) is 13.3. The fourth-order valence-electron chi connectivity index (χ4n) is 4.51. The molecule has 0 heterocycles. The largest absolute Gasteiger partial charge is 0.300 e. The first kappa shape index (κ1) is 21.6. The maximum Gasteiger partial charge on any atom is 0.151 e. The summed E-state index contributed by atoms with van der Waals surface area (Å²) in [5.41, 5.74) is 5.57. The lowest BCUT2D eigenvalue weighted by atomic mass is 9.84. The molecule has 1 aliphatic rings. The number of nitrogens with zero attached hydrogens (tertiary/aromatic N) is 1. The summed E-state index contributed by atoms with van der Waals surface area (Å²) >= 11 is 0. The molecule has 0 N–H and O–H groups in total. The van der Waals surface area contributed by atoms with E-state index in [0.717, 1.165) is 34.2 Å². The second-order valence-corrected chi connectivity index (χ2v) is 8.26. The van der Waals surface area contributed by atoms with E-state index in [1.165, 1.54) is 0 Å². The zero-order valence-electron chi connectivity index (χ0n) is 17.8. The highest BCUT2D eigenvalue weighted by Crippen LogP contribution is 2.38. The number of hydrogen-bond donors (Lipinski definition) is 0. The number of carbonyl (C=O) groups excluding carboxylic acids is 3. The van der Waals surface area contributed by atoms with Gasteiger partial charge in [-0.2, -0.15) is 5.26 Å². The fraction of sp³-hybridized carbons (Fsp3) is 0.385. The minimum Gasteiger partial charge on any atom is -0.300 e. The first-order chi connectivity index (χ1) is 14.3. The predicted molar refractivity (Wildman–Crippen MR) is 115 cm³/mol. The summed E-state index contributed by atoms with van der Waals surface area (Å²) in [4.78, 5) is 38.4. The minimum absolute atomic E-state index is 0.00232. The van der Waals surface area contributed by atoms with Crippen molar-refractivity contribution in [3.63, 3.8) is 0 Å². The van der Waals surface area contributed by atoms with Crippen molar-refractivity contribution < 1.29 is 14.4 Å². The van der Waals surface area contributed by atoms with Crippen LogP contribution in [0.5, 0.6) is 0 Å². The van der Waals surface area contributed by atoms with E-state index in [-0.39, 0.29) is 30.2 Å². The Morgan fingerprint density at radius 2 is 1.83 bits per heavy atom. The maximum atomic E-state index is 13.1. The molecule has 30 heavy (non-hydrogen) atoms. The van der Waals surface area contributed by atoms with Gasteiger partial charge in [-0.1, -0.05) is 36.8 Å². The molecule has 4 nitrogen and oxygen atoms in total. The fourth-order valence-corrected chi connectivity index (χ4v) is 4.51. The van der Waals surface area contributed by atoms with Gasteiger partial charge in [0.15, 0.2) is 5.78 Å². The molecule has 2 aromatic rings. The van der Waals surface area contributed by atoms with E-state index < -0.39 is 11.8 Å². The van der Waals surface area contributed by atoms with Crippen molar-refractivity contribution in [3.05, 3.63) is 69.8 Å². The van der Waals surface area contributed by atoms with E-state index in [4.69, 9.17) is 5.26 Å². The monoisotopic (exact) mass is 401 g/mol. The van der Waals surface area contributed by atoms with Crippen LogP contribution in [-0.4, -0.2) is 17.3 Å². The molecular weight excluding hydrogens is 374 g/mol. The average molecular weight is 402 g/mol. The Kier molecular flexibility index (Phi) is 6.62. The molecule has 1 saturated carbocycles. The lowest BCUT2D eigenvalue weighted by molar-refractivity contribution is -0.127. The van der Waals surface area contributed by atoms with Gasteiger partial charge in [-0.25, -0.2) is 0 Å². The Morgan fingerprint density at radius 1 is 1.13 bits per heavy atom. The maximum absolute atomic E-state index is 13.1. The number of carbonyl (C=O) groups is 3. The van der Waals surface area contributed by atoms with Crippen LogP contribution in [0.3, 0.4) is 0 Å². The third-order valence-electron chi connectivity index (χ3n) is 5.99. The van der Waals surface area contributed by atoms with Gasteiger partial charge in [-0.05, 0) is 61.1 Å². The molecule has 4 heteroatoms. The van der Waals surface area contributed by atoms with E-state index >= 15 is 0 Å². The van der Waals surface area contributed by atoms with E-state index in [1.807, 2.05) is 39.0 Å². The molecule has 0 aromatic heterocycles. The number of ketones is 3. The molecule has 2 unspecified atom stereocenters. The van der Waals surface area contributed by atoms with E-state index in [9.17, 15) is 14.4 Å². The smallest absolute Gasteiger partial charge is 0.151 e. The highest BCUT2D eigenvalue weighted by Gasteiger charge is 2.43. The molecular formula is C26H27NO3. The first-order valence-corrected chi connectivity index (χ1v) is 10.5. The molecule has 0 spiro atoms. The zero-order valence-corrected chi connectivity index (χ0v) is 17.8. The van der Waals surface area contributed by atoms with Gasteiger partial charge in [0, 0.05) is 25.2 Å². The summed E-state index contributed by atoms with van der Waals surface area (Å²) in [5.74, 6) is -1.40. The first-order valence-electron chi connectivity index (χ1n) is 10.5. The number of hydrogen-bond acceptors (Lipinski definition) is 4. The van der Waals surface area contributed by atoms with Crippen LogP contribution in [0.1, 0.15) is 65.5 Å². The molecule has 3 rings (SSSR count). The second kappa shape index (κ2) is 9.17. The van der Waals surface area contributed by atoms with Crippen molar-refractivity contribution >= 4 is 17.3 Å². The Balaban J connectivity index is 1.68. The third-order valence-corrected chi connectivity index (χ3v) is 5.99. The Bertz CT molecular complexity index is 1030. The van der Waals surface area contributed by atoms with Crippen molar-refractivity contribution in [3.8, 4) is 6.07 Å². The van der Waals surface area contributed by atoms with Gasteiger partial charge in [0.1, 0.15) is 17.5 Å². The van der Waals surface area contributed by atoms with Gasteiger partial charge in [-0.15, -0.1) is 0 Å². The Labute approximate surface area is 177 Å². The molecule has 0 bridgehead atoms. The molecule has 0 aliphatic heterocycles. The van der Waals surface area contributed by atoms with Crippen LogP contribution in [0.2, 0.25) is 0 Å². The summed E-state index contributed by atoms with van der Waals surface area (Å²) in [6.45, 7) is 6.01. The summed E-state index contributed by atoms with van der Waals surface area (Å²) in [5, 5.41) is 8.86. The molecule has 1 fully saturated rings. The van der Waals surface area contributed by atoms with Crippen molar-refractivity contribution in [2.24, 2.45) is 5.92 Å². The highest BCUT2D eigenvalue weighted by molar-refractivity contribution is 6.15.